The van der Waals surface area contributed by atoms with Gasteiger partial charge in [0.25, 0.3) is 5.56 Å². The number of nitrogens with one attached hydrogen (secondary N) is 1. The van der Waals surface area contributed by atoms with Crippen molar-refractivity contribution in [2.75, 3.05) is 37.9 Å². The molecule has 0 radical (unpaired) electrons. The molecular formula is C23H37N2O9PS2. The molecule has 0 aromatic carbocycles. The van der Waals surface area contributed by atoms with Gasteiger partial charge in [-0.2, -0.15) is 0 Å². The minimum Gasteiger partial charge on any atom is -0.395 e. The summed E-state index contributed by atoms with van der Waals surface area (Å²) in [6, 6.07) is 1.27. The lowest BCUT2D eigenvalue weighted by Gasteiger charge is -2.21. The van der Waals surface area contributed by atoms with Gasteiger partial charge in [0.15, 0.2) is 10.2 Å². The van der Waals surface area contributed by atoms with Crippen molar-refractivity contribution in [3.8, 4) is 0 Å². The molecule has 1 fully saturated rings. The van der Waals surface area contributed by atoms with Gasteiger partial charge in [0.05, 0.1) is 37.9 Å². The maximum Gasteiger partial charge on any atom is 0.332 e. The zero-order valence-electron chi connectivity index (χ0n) is 21.8. The number of nitrogens with zero attached hydrogens (tertiary/aromatic N) is 1. The second-order valence-electron chi connectivity index (χ2n) is 9.56. The van der Waals surface area contributed by atoms with Crippen LogP contribution in [-0.2, 0) is 27.9 Å². The van der Waals surface area contributed by atoms with Crippen LogP contribution in [0, 0.1) is 17.3 Å². The number of aliphatic hydroxyl groups is 1. The Morgan fingerprint density at radius 3 is 2.46 bits per heavy atom. The molecule has 0 saturated carbocycles. The summed E-state index contributed by atoms with van der Waals surface area (Å²) < 4.78 is 24.8. The molecule has 2 rings (SSSR count). The molecule has 4 atom stereocenters. The van der Waals surface area contributed by atoms with E-state index in [1.807, 2.05) is 20.8 Å². The van der Waals surface area contributed by atoms with Gasteiger partial charge in [0, 0.05) is 35.6 Å². The van der Waals surface area contributed by atoms with Crippen molar-refractivity contribution in [2.45, 2.75) is 53.4 Å². The Labute approximate surface area is 226 Å². The van der Waals surface area contributed by atoms with Crippen LogP contribution in [0.4, 0.5) is 0 Å². The highest BCUT2D eigenvalue weighted by Crippen LogP contribution is 2.42. The van der Waals surface area contributed by atoms with Gasteiger partial charge in [-0.05, 0) is 20.3 Å². The summed E-state index contributed by atoms with van der Waals surface area (Å²) in [5.74, 6) is 0.749. The van der Waals surface area contributed by atoms with E-state index in [-0.39, 0.29) is 54.6 Å². The first-order chi connectivity index (χ1) is 17.4. The minimum absolute atomic E-state index is 0.000930. The van der Waals surface area contributed by atoms with E-state index in [9.17, 15) is 24.3 Å². The Balaban J connectivity index is 1.89. The lowest BCUT2D eigenvalue weighted by Crippen LogP contribution is -2.33. The molecule has 11 nitrogen and oxygen atoms in total. The SMILES string of the molecule is CC(C)C(=O)SCCOP(OCCSC(=O)C(C)(C)CO)OCC1CC(C)C(n2ccc(=O)[nH]c2=O)O1. The number of carbonyl (C=O) groups is 2. The highest BCUT2D eigenvalue weighted by atomic mass is 32.2. The number of aromatic nitrogens is 2. The molecule has 1 saturated heterocycles. The number of ether oxygens (including phenoxy) is 1. The van der Waals surface area contributed by atoms with Crippen LogP contribution in [-0.4, -0.2) is 68.9 Å². The van der Waals surface area contributed by atoms with E-state index >= 15 is 0 Å². The summed E-state index contributed by atoms with van der Waals surface area (Å²) >= 11 is 2.26. The number of thioether (sulfide) groups is 2. The van der Waals surface area contributed by atoms with Crippen molar-refractivity contribution in [3.05, 3.63) is 33.1 Å². The van der Waals surface area contributed by atoms with Crippen LogP contribution in [0.15, 0.2) is 21.9 Å². The first-order valence-corrected chi connectivity index (χ1v) is 15.1. The largest absolute Gasteiger partial charge is 0.395 e. The first-order valence-electron chi connectivity index (χ1n) is 12.0. The molecule has 2 N–H and O–H groups in total. The topological polar surface area (TPSA) is 146 Å². The highest BCUT2D eigenvalue weighted by Gasteiger charge is 2.35. The monoisotopic (exact) mass is 580 g/mol. The lowest BCUT2D eigenvalue weighted by molar-refractivity contribution is -0.120. The van der Waals surface area contributed by atoms with E-state index in [2.05, 4.69) is 4.98 Å². The third kappa shape index (κ3) is 10.6. The van der Waals surface area contributed by atoms with Crippen LogP contribution in [0.25, 0.3) is 0 Å². The number of rotatable bonds is 15. The Bertz CT molecular complexity index is 1000. The molecule has 1 aromatic heterocycles. The molecular weight excluding hydrogens is 543 g/mol. The van der Waals surface area contributed by atoms with Gasteiger partial charge in [-0.15, -0.1) is 0 Å². The van der Waals surface area contributed by atoms with Gasteiger partial charge < -0.3 is 23.4 Å². The van der Waals surface area contributed by atoms with Crippen LogP contribution in [0.2, 0.25) is 0 Å². The summed E-state index contributed by atoms with van der Waals surface area (Å²) in [5, 5.41) is 9.28. The van der Waals surface area contributed by atoms with Crippen LogP contribution < -0.4 is 11.2 Å². The Kier molecular flexibility index (Phi) is 13.5. The van der Waals surface area contributed by atoms with Crippen LogP contribution in [0.5, 0.6) is 0 Å². The van der Waals surface area contributed by atoms with Crippen molar-refractivity contribution in [1.29, 1.82) is 0 Å². The molecule has 0 bridgehead atoms. The van der Waals surface area contributed by atoms with Crippen molar-refractivity contribution in [1.82, 2.24) is 9.55 Å². The van der Waals surface area contributed by atoms with E-state index in [4.69, 9.17) is 18.3 Å². The van der Waals surface area contributed by atoms with Crippen molar-refractivity contribution >= 4 is 42.4 Å². The molecule has 2 heterocycles. The molecule has 210 valence electrons. The minimum atomic E-state index is -1.77. The van der Waals surface area contributed by atoms with E-state index in [0.717, 1.165) is 11.8 Å². The number of hydrogen-bond donors (Lipinski definition) is 2. The summed E-state index contributed by atoms with van der Waals surface area (Å²) in [6.45, 7) is 9.33. The average molecular weight is 581 g/mol. The van der Waals surface area contributed by atoms with Gasteiger partial charge in [-0.25, -0.2) is 4.79 Å². The van der Waals surface area contributed by atoms with Crippen LogP contribution >= 0.6 is 32.1 Å². The lowest BCUT2D eigenvalue weighted by atomic mass is 9.97. The molecule has 0 aliphatic carbocycles. The third-order valence-corrected chi connectivity index (χ3v) is 8.86. The van der Waals surface area contributed by atoms with E-state index in [0.29, 0.717) is 17.9 Å². The summed E-state index contributed by atoms with van der Waals surface area (Å²) in [4.78, 5) is 49.8. The van der Waals surface area contributed by atoms with Gasteiger partial charge in [0.2, 0.25) is 0 Å². The molecule has 1 aliphatic rings. The number of aromatic amines is 1. The van der Waals surface area contributed by atoms with Crippen LogP contribution in [0.1, 0.15) is 47.3 Å². The third-order valence-electron chi connectivity index (χ3n) is 5.40. The molecule has 14 heteroatoms. The average Bonchev–Trinajstić information content (AvgIpc) is 3.21. The molecule has 4 unspecified atom stereocenters. The maximum atomic E-state index is 12.2. The van der Waals surface area contributed by atoms with Gasteiger partial charge in [-0.3, -0.25) is 23.9 Å². The number of carbonyl (C=O) groups excluding carboxylic acids is 2. The number of hydrogen-bond acceptors (Lipinski definition) is 11. The molecule has 37 heavy (non-hydrogen) atoms. The zero-order chi connectivity index (χ0) is 27.6. The normalized spacial score (nSPS) is 20.9. The summed E-state index contributed by atoms with van der Waals surface area (Å²) in [6.07, 6.45) is 1.17. The molecule has 1 aliphatic heterocycles. The Hall–Kier alpha value is -1.05. The van der Waals surface area contributed by atoms with Gasteiger partial charge in [0.1, 0.15) is 6.23 Å². The second kappa shape index (κ2) is 15.5. The van der Waals surface area contributed by atoms with Crippen LogP contribution in [0.3, 0.4) is 0 Å². The van der Waals surface area contributed by atoms with Gasteiger partial charge in [-0.1, -0.05) is 44.3 Å². The van der Waals surface area contributed by atoms with E-state index in [1.165, 1.54) is 28.6 Å². The maximum absolute atomic E-state index is 12.2. The predicted molar refractivity (Wildman–Crippen MR) is 144 cm³/mol. The second-order valence-corrected chi connectivity index (χ2v) is 13.0. The fourth-order valence-corrected chi connectivity index (χ4v) is 5.92. The van der Waals surface area contributed by atoms with Gasteiger partial charge >= 0.3 is 14.3 Å². The highest BCUT2D eigenvalue weighted by molar-refractivity contribution is 8.14. The van der Waals surface area contributed by atoms with Crippen molar-refractivity contribution in [2.24, 2.45) is 17.3 Å². The summed E-state index contributed by atoms with van der Waals surface area (Å²) in [7, 11) is -1.77. The number of H-pyrrole nitrogens is 1. The Morgan fingerprint density at radius 2 is 1.86 bits per heavy atom. The number of aliphatic hydroxyl groups excluding tert-OH is 1. The quantitative estimate of drug-likeness (QED) is 0.233. The van der Waals surface area contributed by atoms with Crippen molar-refractivity contribution in [3.63, 3.8) is 0 Å². The first kappa shape index (κ1) is 32.2. The standard InChI is InChI=1S/C23H37N2O9PS2/c1-15(2)20(28)36-10-8-31-35(32-9-11-37-21(29)23(4,5)14-26)33-13-17-12-16(3)19(34-17)25-7-6-18(27)24-22(25)30/h6-7,15-17,19,26H,8-14H2,1-5H3,(H,24,27,30). The molecule has 0 spiro atoms. The Morgan fingerprint density at radius 1 is 1.22 bits per heavy atom. The fraction of sp³-hybridized carbons (Fsp3) is 0.739. The fourth-order valence-electron chi connectivity index (χ4n) is 3.18. The molecule has 1 aromatic rings. The van der Waals surface area contributed by atoms with E-state index < -0.39 is 31.5 Å². The summed E-state index contributed by atoms with van der Waals surface area (Å²) in [5.41, 5.74) is -1.84. The van der Waals surface area contributed by atoms with Crippen molar-refractivity contribution < 1.29 is 33.0 Å². The smallest absolute Gasteiger partial charge is 0.332 e. The predicted octanol–water partition coefficient (Wildman–Crippen LogP) is 2.93. The van der Waals surface area contributed by atoms with E-state index in [1.54, 1.807) is 13.8 Å². The molecule has 0 amide bonds. The zero-order valence-corrected chi connectivity index (χ0v) is 24.4.